The maximum atomic E-state index is 12.9. The van der Waals surface area contributed by atoms with E-state index in [1.807, 2.05) is 43.4 Å². The Bertz CT molecular complexity index is 918. The van der Waals surface area contributed by atoms with Crippen LogP contribution in [0.2, 0.25) is 0 Å². The summed E-state index contributed by atoms with van der Waals surface area (Å²) in [6.45, 7) is 2.86. The van der Waals surface area contributed by atoms with Crippen molar-refractivity contribution in [1.82, 2.24) is 9.80 Å². The van der Waals surface area contributed by atoms with E-state index < -0.39 is 17.7 Å². The van der Waals surface area contributed by atoms with E-state index in [-0.39, 0.29) is 11.3 Å². The number of benzene rings is 1. The highest BCUT2D eigenvalue weighted by atomic mass is 32.1. The third-order valence-electron chi connectivity index (χ3n) is 4.83. The van der Waals surface area contributed by atoms with Gasteiger partial charge in [0.1, 0.15) is 11.5 Å². The smallest absolute Gasteiger partial charge is 0.295 e. The van der Waals surface area contributed by atoms with E-state index in [2.05, 4.69) is 0 Å². The normalized spacial score (nSPS) is 18.9. The maximum Gasteiger partial charge on any atom is 0.295 e. The summed E-state index contributed by atoms with van der Waals surface area (Å²) in [5.41, 5.74) is 1.42. The molecule has 2 heterocycles. The molecule has 1 atom stereocenters. The van der Waals surface area contributed by atoms with Crippen LogP contribution in [0.5, 0.6) is 5.75 Å². The first-order valence-corrected chi connectivity index (χ1v) is 9.84. The Kier molecular flexibility index (Phi) is 5.86. The number of likely N-dealkylation sites (tertiary alicyclic amines) is 1. The minimum atomic E-state index is -0.648. The van der Waals surface area contributed by atoms with E-state index in [0.29, 0.717) is 24.4 Å². The molecular formula is C21H24N2O4S. The van der Waals surface area contributed by atoms with Crippen LogP contribution in [0.15, 0.2) is 41.3 Å². The zero-order valence-electron chi connectivity index (χ0n) is 16.4. The number of aliphatic hydroxyl groups is 1. The Morgan fingerprint density at radius 2 is 2.04 bits per heavy atom. The summed E-state index contributed by atoms with van der Waals surface area (Å²) in [5.74, 6) is -0.711. The lowest BCUT2D eigenvalue weighted by Gasteiger charge is -2.25. The van der Waals surface area contributed by atoms with Gasteiger partial charge < -0.3 is 19.6 Å². The summed E-state index contributed by atoms with van der Waals surface area (Å²) >= 11 is 1.46. The van der Waals surface area contributed by atoms with Gasteiger partial charge in [0.15, 0.2) is 0 Å². The monoisotopic (exact) mass is 400 g/mol. The number of nitrogens with zero attached hydrogens (tertiary/aromatic N) is 2. The molecule has 148 valence electrons. The molecule has 0 bridgehead atoms. The molecule has 28 heavy (non-hydrogen) atoms. The molecule has 0 saturated carbocycles. The van der Waals surface area contributed by atoms with Crippen molar-refractivity contribution >= 4 is 28.8 Å². The first kappa shape index (κ1) is 20.1. The van der Waals surface area contributed by atoms with Crippen molar-refractivity contribution in [3.63, 3.8) is 0 Å². The molecule has 1 aliphatic rings. The standard InChI is InChI=1S/C21H24N2O4S/c1-13-12-14(27-4)7-8-15(13)19(24)17-18(16-6-5-11-28-16)23(10-9-22(2)3)21(26)20(17)25/h5-8,11-12,18,24H,9-10H2,1-4H3/b19-17-. The molecule has 1 aliphatic heterocycles. The molecule has 1 N–H and O–H groups in total. The second-order valence-corrected chi connectivity index (χ2v) is 7.97. The number of aliphatic hydroxyl groups excluding tert-OH is 1. The number of rotatable bonds is 6. The molecule has 1 unspecified atom stereocenters. The molecule has 0 aliphatic carbocycles. The lowest BCUT2D eigenvalue weighted by molar-refractivity contribution is -0.140. The van der Waals surface area contributed by atoms with Crippen molar-refractivity contribution in [2.24, 2.45) is 0 Å². The van der Waals surface area contributed by atoms with Gasteiger partial charge in [0.25, 0.3) is 11.7 Å². The number of hydrogen-bond acceptors (Lipinski definition) is 6. The van der Waals surface area contributed by atoms with Crippen molar-refractivity contribution in [2.45, 2.75) is 13.0 Å². The van der Waals surface area contributed by atoms with Crippen molar-refractivity contribution < 1.29 is 19.4 Å². The van der Waals surface area contributed by atoms with Crippen molar-refractivity contribution in [1.29, 1.82) is 0 Å². The molecule has 1 aromatic carbocycles. The van der Waals surface area contributed by atoms with Crippen LogP contribution in [0.4, 0.5) is 0 Å². The molecule has 1 fully saturated rings. The molecule has 7 heteroatoms. The minimum absolute atomic E-state index is 0.138. The van der Waals surface area contributed by atoms with Gasteiger partial charge in [-0.25, -0.2) is 0 Å². The molecule has 1 aromatic heterocycles. The quantitative estimate of drug-likeness (QED) is 0.459. The molecule has 0 radical (unpaired) electrons. The Morgan fingerprint density at radius 3 is 2.61 bits per heavy atom. The topological polar surface area (TPSA) is 70.1 Å². The van der Waals surface area contributed by atoms with Gasteiger partial charge >= 0.3 is 0 Å². The van der Waals surface area contributed by atoms with E-state index in [4.69, 9.17) is 4.74 Å². The van der Waals surface area contributed by atoms with E-state index in [0.717, 1.165) is 10.4 Å². The summed E-state index contributed by atoms with van der Waals surface area (Å²) < 4.78 is 5.21. The maximum absolute atomic E-state index is 12.9. The number of methoxy groups -OCH3 is 1. The fourth-order valence-electron chi connectivity index (χ4n) is 3.33. The van der Waals surface area contributed by atoms with Crippen molar-refractivity contribution in [3.8, 4) is 5.75 Å². The highest BCUT2D eigenvalue weighted by Crippen LogP contribution is 2.41. The number of ether oxygens (including phenoxy) is 1. The van der Waals surface area contributed by atoms with E-state index >= 15 is 0 Å². The highest BCUT2D eigenvalue weighted by molar-refractivity contribution is 7.10. The molecule has 1 saturated heterocycles. The lowest BCUT2D eigenvalue weighted by Crippen LogP contribution is -2.35. The number of thiophene rings is 1. The Labute approximate surface area is 168 Å². The van der Waals surface area contributed by atoms with Gasteiger partial charge in [-0.3, -0.25) is 9.59 Å². The third kappa shape index (κ3) is 3.68. The number of likely N-dealkylation sites (N-methyl/N-ethyl adjacent to an activating group) is 1. The van der Waals surface area contributed by atoms with Crippen molar-refractivity contribution in [3.05, 3.63) is 57.3 Å². The highest BCUT2D eigenvalue weighted by Gasteiger charge is 2.46. The van der Waals surface area contributed by atoms with E-state index in [9.17, 15) is 14.7 Å². The third-order valence-corrected chi connectivity index (χ3v) is 5.75. The molecule has 2 aromatic rings. The van der Waals surface area contributed by atoms with Gasteiger partial charge in [0.05, 0.1) is 18.7 Å². The van der Waals surface area contributed by atoms with Crippen LogP contribution < -0.4 is 4.74 Å². The summed E-state index contributed by atoms with van der Waals surface area (Å²) in [6.07, 6.45) is 0. The van der Waals surface area contributed by atoms with Gasteiger partial charge in [-0.1, -0.05) is 6.07 Å². The number of hydrogen-bond donors (Lipinski definition) is 1. The molecule has 1 amide bonds. The molecule has 3 rings (SSSR count). The van der Waals surface area contributed by atoms with E-state index in [1.54, 1.807) is 30.2 Å². The molecular weight excluding hydrogens is 376 g/mol. The second-order valence-electron chi connectivity index (χ2n) is 6.99. The SMILES string of the molecule is COc1ccc(/C(O)=C2/C(=O)C(=O)N(CCN(C)C)C2c2cccs2)c(C)c1. The average Bonchev–Trinajstić information content (AvgIpc) is 3.27. The fourth-order valence-corrected chi connectivity index (χ4v) is 4.18. The van der Waals surface area contributed by atoms with Crippen LogP contribution in [0.3, 0.4) is 0 Å². The van der Waals surface area contributed by atoms with Crippen LogP contribution in [0, 0.1) is 6.92 Å². The summed E-state index contributed by atoms with van der Waals surface area (Å²) in [6, 6.07) is 8.41. The largest absolute Gasteiger partial charge is 0.507 e. The van der Waals surface area contributed by atoms with Crippen LogP contribution in [-0.4, -0.2) is 60.9 Å². The van der Waals surface area contributed by atoms with Crippen molar-refractivity contribution in [2.75, 3.05) is 34.3 Å². The summed E-state index contributed by atoms with van der Waals surface area (Å²) in [5, 5.41) is 13.0. The van der Waals surface area contributed by atoms with Crippen LogP contribution in [0.1, 0.15) is 22.0 Å². The number of ketones is 1. The van der Waals surface area contributed by atoms with Gasteiger partial charge in [-0.15, -0.1) is 11.3 Å². The molecule has 0 spiro atoms. The van der Waals surface area contributed by atoms with Crippen LogP contribution in [-0.2, 0) is 9.59 Å². The fraction of sp³-hybridized carbons (Fsp3) is 0.333. The molecule has 6 nitrogen and oxygen atoms in total. The predicted octanol–water partition coefficient (Wildman–Crippen LogP) is 3.05. The van der Waals surface area contributed by atoms with Gasteiger partial charge in [-0.2, -0.15) is 0 Å². The van der Waals surface area contributed by atoms with Crippen LogP contribution >= 0.6 is 11.3 Å². The lowest BCUT2D eigenvalue weighted by atomic mass is 9.97. The minimum Gasteiger partial charge on any atom is -0.507 e. The summed E-state index contributed by atoms with van der Waals surface area (Å²) in [4.78, 5) is 30.0. The van der Waals surface area contributed by atoms with Gasteiger partial charge in [-0.05, 0) is 56.2 Å². The number of amides is 1. The number of carbonyl (C=O) groups excluding carboxylic acids is 2. The predicted molar refractivity (Wildman–Crippen MR) is 110 cm³/mol. The Morgan fingerprint density at radius 1 is 1.29 bits per heavy atom. The Hall–Kier alpha value is -2.64. The van der Waals surface area contributed by atoms with E-state index in [1.165, 1.54) is 11.3 Å². The first-order chi connectivity index (χ1) is 13.3. The number of aryl methyl sites for hydroxylation is 1. The second kappa shape index (κ2) is 8.16. The average molecular weight is 401 g/mol. The van der Waals surface area contributed by atoms with Gasteiger partial charge in [0, 0.05) is 23.5 Å². The number of Topliss-reactive ketones (excluding diaryl/α,β-unsaturated/α-hetero) is 1. The zero-order chi connectivity index (χ0) is 20.4. The first-order valence-electron chi connectivity index (χ1n) is 8.96. The zero-order valence-corrected chi connectivity index (χ0v) is 17.2. The van der Waals surface area contributed by atoms with Crippen LogP contribution in [0.25, 0.3) is 5.76 Å². The van der Waals surface area contributed by atoms with Gasteiger partial charge in [0.2, 0.25) is 0 Å². The Balaban J connectivity index is 2.12. The number of carbonyl (C=O) groups is 2. The summed E-state index contributed by atoms with van der Waals surface area (Å²) in [7, 11) is 5.40.